The van der Waals surface area contributed by atoms with Gasteiger partial charge in [0.05, 0.1) is 11.3 Å². The molecule has 1 N–H and O–H groups in total. The zero-order chi connectivity index (χ0) is 13.9. The van der Waals surface area contributed by atoms with Crippen molar-refractivity contribution in [3.8, 4) is 0 Å². The second-order valence-corrected chi connectivity index (χ2v) is 5.93. The van der Waals surface area contributed by atoms with E-state index < -0.39 is 0 Å². The van der Waals surface area contributed by atoms with Crippen molar-refractivity contribution in [1.82, 2.24) is 25.2 Å². The van der Waals surface area contributed by atoms with E-state index in [9.17, 15) is 4.79 Å². The van der Waals surface area contributed by atoms with E-state index in [1.807, 2.05) is 6.92 Å². The standard InChI is InChI=1S/C12H14N6OS/c1-8(11(19)14-9-4-6-13-7-5-9)20-12-15-16-17-18(12)10-2-3-10/h4-8,10H,2-3H2,1H3,(H,13,14,19). The van der Waals surface area contributed by atoms with Crippen LogP contribution in [0.1, 0.15) is 25.8 Å². The van der Waals surface area contributed by atoms with Crippen LogP contribution in [0.15, 0.2) is 29.7 Å². The van der Waals surface area contributed by atoms with E-state index in [-0.39, 0.29) is 11.2 Å². The van der Waals surface area contributed by atoms with Gasteiger partial charge in [-0.25, -0.2) is 4.68 Å². The largest absolute Gasteiger partial charge is 0.325 e. The number of carbonyl (C=O) groups excluding carboxylic acids is 1. The fourth-order valence-electron chi connectivity index (χ4n) is 1.70. The molecule has 104 valence electrons. The van der Waals surface area contributed by atoms with Crippen LogP contribution in [0.2, 0.25) is 0 Å². The average Bonchev–Trinajstić information content (AvgIpc) is 3.20. The molecule has 0 saturated heterocycles. The van der Waals surface area contributed by atoms with E-state index in [1.54, 1.807) is 29.2 Å². The maximum absolute atomic E-state index is 12.1. The van der Waals surface area contributed by atoms with Crippen LogP contribution in [0.4, 0.5) is 5.69 Å². The summed E-state index contributed by atoms with van der Waals surface area (Å²) in [6.45, 7) is 1.84. The van der Waals surface area contributed by atoms with Crippen LogP contribution in [0, 0.1) is 0 Å². The molecule has 2 aromatic heterocycles. The first-order chi connectivity index (χ1) is 9.74. The molecular formula is C12H14N6OS. The van der Waals surface area contributed by atoms with E-state index in [2.05, 4.69) is 25.8 Å². The predicted molar refractivity (Wildman–Crippen MR) is 74.3 cm³/mol. The van der Waals surface area contributed by atoms with Gasteiger partial charge in [0.25, 0.3) is 0 Å². The van der Waals surface area contributed by atoms with E-state index >= 15 is 0 Å². The van der Waals surface area contributed by atoms with Gasteiger partial charge >= 0.3 is 0 Å². The molecular weight excluding hydrogens is 276 g/mol. The van der Waals surface area contributed by atoms with Gasteiger partial charge in [-0.2, -0.15) is 0 Å². The van der Waals surface area contributed by atoms with Gasteiger partial charge in [0.2, 0.25) is 11.1 Å². The Labute approximate surface area is 120 Å². The lowest BCUT2D eigenvalue weighted by Gasteiger charge is -2.11. The quantitative estimate of drug-likeness (QED) is 0.840. The van der Waals surface area contributed by atoms with Gasteiger partial charge in [-0.15, -0.1) is 5.10 Å². The summed E-state index contributed by atoms with van der Waals surface area (Å²) >= 11 is 1.37. The lowest BCUT2D eigenvalue weighted by molar-refractivity contribution is -0.115. The first-order valence-corrected chi connectivity index (χ1v) is 7.27. The monoisotopic (exact) mass is 290 g/mol. The number of hydrogen-bond acceptors (Lipinski definition) is 6. The molecule has 1 atom stereocenters. The highest BCUT2D eigenvalue weighted by atomic mass is 32.2. The lowest BCUT2D eigenvalue weighted by Crippen LogP contribution is -2.23. The Hall–Kier alpha value is -1.96. The Morgan fingerprint density at radius 3 is 2.90 bits per heavy atom. The molecule has 0 spiro atoms. The third-order valence-corrected chi connectivity index (χ3v) is 4.00. The molecule has 1 aliphatic rings. The highest BCUT2D eigenvalue weighted by molar-refractivity contribution is 8.00. The van der Waals surface area contributed by atoms with Crippen LogP contribution in [-0.4, -0.2) is 36.3 Å². The third kappa shape index (κ3) is 2.96. The summed E-state index contributed by atoms with van der Waals surface area (Å²) < 4.78 is 1.81. The number of nitrogens with one attached hydrogen (secondary N) is 1. The second kappa shape index (κ2) is 5.58. The van der Waals surface area contributed by atoms with Crippen molar-refractivity contribution in [1.29, 1.82) is 0 Å². The van der Waals surface area contributed by atoms with Crippen LogP contribution in [-0.2, 0) is 4.79 Å². The average molecular weight is 290 g/mol. The van der Waals surface area contributed by atoms with E-state index in [0.717, 1.165) is 18.5 Å². The van der Waals surface area contributed by atoms with Crippen molar-refractivity contribution in [2.45, 2.75) is 36.2 Å². The first kappa shape index (κ1) is 13.0. The predicted octanol–water partition coefficient (Wildman–Crippen LogP) is 1.52. The van der Waals surface area contributed by atoms with Crippen LogP contribution in [0.25, 0.3) is 0 Å². The molecule has 1 saturated carbocycles. The Morgan fingerprint density at radius 1 is 1.45 bits per heavy atom. The molecule has 2 aromatic rings. The van der Waals surface area contributed by atoms with E-state index in [0.29, 0.717) is 11.2 Å². The van der Waals surface area contributed by atoms with Crippen LogP contribution in [0.5, 0.6) is 0 Å². The molecule has 0 radical (unpaired) electrons. The smallest absolute Gasteiger partial charge is 0.237 e. The van der Waals surface area contributed by atoms with Crippen molar-refractivity contribution < 1.29 is 4.79 Å². The maximum atomic E-state index is 12.1. The number of pyridine rings is 1. The fourth-order valence-corrected chi connectivity index (χ4v) is 2.56. The molecule has 7 nitrogen and oxygen atoms in total. The first-order valence-electron chi connectivity index (χ1n) is 6.39. The normalized spacial score (nSPS) is 15.8. The summed E-state index contributed by atoms with van der Waals surface area (Å²) in [5.74, 6) is -0.0773. The Balaban J connectivity index is 1.62. The zero-order valence-electron chi connectivity index (χ0n) is 10.9. The summed E-state index contributed by atoms with van der Waals surface area (Å²) in [5.41, 5.74) is 0.735. The number of thioether (sulfide) groups is 1. The molecule has 1 amide bonds. The molecule has 0 aromatic carbocycles. The number of hydrogen-bond donors (Lipinski definition) is 1. The Bertz CT molecular complexity index is 597. The van der Waals surface area contributed by atoms with Gasteiger partial charge in [0.15, 0.2) is 0 Å². The minimum Gasteiger partial charge on any atom is -0.325 e. The van der Waals surface area contributed by atoms with Crippen molar-refractivity contribution in [2.24, 2.45) is 0 Å². The van der Waals surface area contributed by atoms with Crippen molar-refractivity contribution >= 4 is 23.4 Å². The summed E-state index contributed by atoms with van der Waals surface area (Å²) in [7, 11) is 0. The van der Waals surface area contributed by atoms with Gasteiger partial charge in [-0.1, -0.05) is 11.8 Å². The molecule has 0 aliphatic heterocycles. The van der Waals surface area contributed by atoms with Gasteiger partial charge in [0.1, 0.15) is 0 Å². The molecule has 1 unspecified atom stereocenters. The van der Waals surface area contributed by atoms with E-state index in [1.165, 1.54) is 11.8 Å². The number of tetrazole rings is 1. The maximum Gasteiger partial charge on any atom is 0.237 e. The number of nitrogens with zero attached hydrogens (tertiary/aromatic N) is 5. The minimum absolute atomic E-state index is 0.0773. The summed E-state index contributed by atoms with van der Waals surface area (Å²) in [6, 6.07) is 3.91. The minimum atomic E-state index is -0.272. The second-order valence-electron chi connectivity index (χ2n) is 4.62. The number of carbonyl (C=O) groups is 1. The van der Waals surface area contributed by atoms with Crippen molar-refractivity contribution in [3.05, 3.63) is 24.5 Å². The van der Waals surface area contributed by atoms with Crippen molar-refractivity contribution in [2.75, 3.05) is 5.32 Å². The van der Waals surface area contributed by atoms with Gasteiger partial charge in [-0.3, -0.25) is 9.78 Å². The Morgan fingerprint density at radius 2 is 2.20 bits per heavy atom. The molecule has 3 rings (SSSR count). The summed E-state index contributed by atoms with van der Waals surface area (Å²) in [5, 5.41) is 14.9. The van der Waals surface area contributed by atoms with Gasteiger partial charge in [-0.05, 0) is 42.3 Å². The molecule has 1 aliphatic carbocycles. The zero-order valence-corrected chi connectivity index (χ0v) is 11.7. The number of rotatable bonds is 5. The van der Waals surface area contributed by atoms with Crippen LogP contribution >= 0.6 is 11.8 Å². The number of anilines is 1. The highest BCUT2D eigenvalue weighted by Crippen LogP contribution is 2.37. The third-order valence-electron chi connectivity index (χ3n) is 2.95. The van der Waals surface area contributed by atoms with Crippen LogP contribution in [0.3, 0.4) is 0 Å². The molecule has 2 heterocycles. The van der Waals surface area contributed by atoms with Crippen LogP contribution < -0.4 is 5.32 Å². The van der Waals surface area contributed by atoms with Gasteiger partial charge < -0.3 is 5.32 Å². The molecule has 0 bridgehead atoms. The van der Waals surface area contributed by atoms with E-state index in [4.69, 9.17) is 0 Å². The SMILES string of the molecule is CC(Sc1nnnn1C1CC1)C(=O)Nc1ccncc1. The Kier molecular flexibility index (Phi) is 3.64. The molecule has 1 fully saturated rings. The van der Waals surface area contributed by atoms with Gasteiger partial charge in [0, 0.05) is 18.1 Å². The number of amides is 1. The molecule has 8 heteroatoms. The highest BCUT2D eigenvalue weighted by Gasteiger charge is 2.29. The molecule has 20 heavy (non-hydrogen) atoms. The number of aromatic nitrogens is 5. The summed E-state index contributed by atoms with van der Waals surface area (Å²) in [4.78, 5) is 16.0. The lowest BCUT2D eigenvalue weighted by atomic mass is 10.3. The fraction of sp³-hybridized carbons (Fsp3) is 0.417. The van der Waals surface area contributed by atoms with Crippen molar-refractivity contribution in [3.63, 3.8) is 0 Å². The summed E-state index contributed by atoms with van der Waals surface area (Å²) in [6.07, 6.45) is 5.49. The topological polar surface area (TPSA) is 85.6 Å².